The first-order chi connectivity index (χ1) is 3.68. The molecule has 48 valence electrons. The van der Waals surface area contributed by atoms with Crippen LogP contribution in [0.3, 0.4) is 0 Å². The zero-order chi connectivity index (χ0) is 6.57. The monoisotopic (exact) mass is 154 g/mol. The fraction of sp³-hybridized carbons (Fsp3) is 0.667. The van der Waals surface area contributed by atoms with Crippen molar-refractivity contribution in [1.82, 2.24) is 0 Å². The number of nitrogens with two attached hydrogens (primary N) is 1. The molecule has 0 saturated carbocycles. The van der Waals surface area contributed by atoms with Gasteiger partial charge in [0, 0.05) is 5.75 Å². The molecule has 0 radical (unpaired) electrons. The molecular weight excluding hydrogens is 150 g/mol. The second-order valence-electron chi connectivity index (χ2n) is 1.20. The zero-order valence-corrected chi connectivity index (χ0v) is 5.54. The summed E-state index contributed by atoms with van der Waals surface area (Å²) in [5.74, 6) is -1.08. The van der Waals surface area contributed by atoms with E-state index in [9.17, 15) is 9.90 Å². The highest BCUT2D eigenvalue weighted by molar-refractivity contribution is 8.21. The van der Waals surface area contributed by atoms with Gasteiger partial charge in [0.05, 0.1) is 12.0 Å². The highest BCUT2D eigenvalue weighted by atomic mass is 35.7. The van der Waals surface area contributed by atoms with E-state index in [1.807, 2.05) is 0 Å². The Morgan fingerprint density at radius 3 is 2.62 bits per heavy atom. The van der Waals surface area contributed by atoms with Crippen LogP contribution >= 0.6 is 21.7 Å². The van der Waals surface area contributed by atoms with Crippen LogP contribution in [0.2, 0.25) is 0 Å². The van der Waals surface area contributed by atoms with E-state index in [-0.39, 0.29) is 5.75 Å². The zero-order valence-electron chi connectivity index (χ0n) is 3.96. The number of halogens is 1. The quantitative estimate of drug-likeness (QED) is 0.564. The summed E-state index contributed by atoms with van der Waals surface area (Å²) in [5.41, 5.74) is 4.96. The van der Waals surface area contributed by atoms with Gasteiger partial charge in [0.1, 0.15) is 0 Å². The molecule has 2 N–H and O–H groups in total. The number of rotatable bonds is 3. The molecule has 0 aromatic heterocycles. The summed E-state index contributed by atoms with van der Waals surface area (Å²) < 4.78 is 0. The van der Waals surface area contributed by atoms with Gasteiger partial charge in [0.25, 0.3) is 0 Å². The van der Waals surface area contributed by atoms with Gasteiger partial charge in [-0.15, -0.1) is 0 Å². The largest absolute Gasteiger partial charge is 0.548 e. The van der Waals surface area contributed by atoms with Crippen molar-refractivity contribution < 1.29 is 9.90 Å². The molecule has 0 saturated heterocycles. The van der Waals surface area contributed by atoms with Crippen LogP contribution in [-0.4, -0.2) is 17.8 Å². The predicted octanol–water partition coefficient (Wildman–Crippen LogP) is -1.05. The van der Waals surface area contributed by atoms with E-state index in [2.05, 4.69) is 0 Å². The van der Waals surface area contributed by atoms with E-state index in [0.29, 0.717) is 0 Å². The van der Waals surface area contributed by atoms with Crippen LogP contribution in [0.1, 0.15) is 0 Å². The minimum Gasteiger partial charge on any atom is -0.548 e. The standard InChI is InChI=1S/C3H6ClNO2S/c4-8-1-2(5)3(6)7/h2H,1,5H2,(H,6,7)/p-1. The molecular formula is C3H5ClNO2S-. The molecule has 0 aromatic rings. The Bertz CT molecular complexity index is 89.4. The Balaban J connectivity index is 3.32. The third-order valence-electron chi connectivity index (χ3n) is 0.545. The normalized spacial score (nSPS) is 13.2. The molecule has 0 heterocycles. The molecule has 8 heavy (non-hydrogen) atoms. The topological polar surface area (TPSA) is 66.2 Å². The molecule has 0 rings (SSSR count). The van der Waals surface area contributed by atoms with Crippen LogP contribution in [0.25, 0.3) is 0 Å². The van der Waals surface area contributed by atoms with Gasteiger partial charge in [-0.05, 0) is 10.7 Å². The Labute approximate surface area is 55.7 Å². The third-order valence-corrected chi connectivity index (χ3v) is 1.41. The van der Waals surface area contributed by atoms with Gasteiger partial charge in [0.15, 0.2) is 0 Å². The molecule has 3 nitrogen and oxygen atoms in total. The lowest BCUT2D eigenvalue weighted by Crippen LogP contribution is -2.43. The molecule has 5 heteroatoms. The van der Waals surface area contributed by atoms with Crippen molar-refractivity contribution >= 4 is 27.6 Å². The summed E-state index contributed by atoms with van der Waals surface area (Å²) in [6.07, 6.45) is 0. The number of aliphatic carboxylic acids is 1. The molecule has 0 aliphatic carbocycles. The smallest absolute Gasteiger partial charge is 0.0591 e. The van der Waals surface area contributed by atoms with Crippen molar-refractivity contribution in [1.29, 1.82) is 0 Å². The van der Waals surface area contributed by atoms with E-state index < -0.39 is 12.0 Å². The lowest BCUT2D eigenvalue weighted by Gasteiger charge is -2.07. The van der Waals surface area contributed by atoms with Gasteiger partial charge in [-0.3, -0.25) is 0 Å². The summed E-state index contributed by atoms with van der Waals surface area (Å²) in [4.78, 5) is 9.78. The Morgan fingerprint density at radius 2 is 2.50 bits per heavy atom. The fourth-order valence-electron chi connectivity index (χ4n) is 0.136. The average molecular weight is 155 g/mol. The van der Waals surface area contributed by atoms with Gasteiger partial charge < -0.3 is 15.6 Å². The molecule has 0 aromatic carbocycles. The summed E-state index contributed by atoms with van der Waals surface area (Å²) in [6.45, 7) is 0. The van der Waals surface area contributed by atoms with Crippen molar-refractivity contribution in [3.05, 3.63) is 0 Å². The maximum absolute atomic E-state index is 9.78. The SMILES string of the molecule is NC(CSCl)C(=O)[O-]. The van der Waals surface area contributed by atoms with Gasteiger partial charge >= 0.3 is 0 Å². The summed E-state index contributed by atoms with van der Waals surface area (Å²) in [7, 11) is 5.95. The first kappa shape index (κ1) is 8.07. The highest BCUT2D eigenvalue weighted by Crippen LogP contribution is 2.05. The highest BCUT2D eigenvalue weighted by Gasteiger charge is 1.99. The molecule has 1 unspecified atom stereocenters. The van der Waals surface area contributed by atoms with Crippen molar-refractivity contribution in [2.24, 2.45) is 5.73 Å². The van der Waals surface area contributed by atoms with Crippen LogP contribution in [0.5, 0.6) is 0 Å². The third kappa shape index (κ3) is 3.12. The molecule has 0 fully saturated rings. The van der Waals surface area contributed by atoms with E-state index in [4.69, 9.17) is 16.4 Å². The van der Waals surface area contributed by atoms with Crippen LogP contribution in [0.4, 0.5) is 0 Å². The van der Waals surface area contributed by atoms with E-state index in [0.717, 1.165) is 11.0 Å². The second-order valence-corrected chi connectivity index (χ2v) is 2.41. The van der Waals surface area contributed by atoms with Crippen LogP contribution in [-0.2, 0) is 4.79 Å². The maximum atomic E-state index is 9.78. The van der Waals surface area contributed by atoms with E-state index in [1.54, 1.807) is 0 Å². The minimum atomic E-state index is -1.27. The number of carbonyl (C=O) groups excluding carboxylic acids is 1. The number of hydrogen-bond acceptors (Lipinski definition) is 4. The van der Waals surface area contributed by atoms with Crippen LogP contribution in [0.15, 0.2) is 0 Å². The number of carboxylic acids is 1. The van der Waals surface area contributed by atoms with Crippen molar-refractivity contribution in [2.45, 2.75) is 6.04 Å². The van der Waals surface area contributed by atoms with Gasteiger partial charge in [-0.25, -0.2) is 0 Å². The minimum absolute atomic E-state index is 0.184. The lowest BCUT2D eigenvalue weighted by atomic mass is 10.4. The molecule has 0 aliphatic rings. The first-order valence-electron chi connectivity index (χ1n) is 1.88. The van der Waals surface area contributed by atoms with Crippen LogP contribution in [0, 0.1) is 0 Å². The van der Waals surface area contributed by atoms with E-state index >= 15 is 0 Å². The summed E-state index contributed by atoms with van der Waals surface area (Å²) >= 11 is 0. The Kier molecular flexibility index (Phi) is 4.03. The number of carbonyl (C=O) groups is 1. The summed E-state index contributed by atoms with van der Waals surface area (Å²) in [5, 5.41) is 9.78. The molecule has 0 aliphatic heterocycles. The number of hydrogen-bond donors (Lipinski definition) is 1. The molecule has 0 spiro atoms. The average Bonchev–Trinajstić information content (AvgIpc) is 1.67. The molecule has 0 amide bonds. The number of carboxylic acid groups (broad SMARTS) is 1. The Morgan fingerprint density at radius 1 is 2.00 bits per heavy atom. The molecule has 0 bridgehead atoms. The first-order valence-corrected chi connectivity index (χ1v) is 3.69. The maximum Gasteiger partial charge on any atom is 0.0591 e. The van der Waals surface area contributed by atoms with Gasteiger partial charge in [-0.1, -0.05) is 11.0 Å². The summed E-state index contributed by atoms with van der Waals surface area (Å²) in [6, 6.07) is -0.947. The van der Waals surface area contributed by atoms with Crippen molar-refractivity contribution in [2.75, 3.05) is 5.75 Å². The van der Waals surface area contributed by atoms with Crippen molar-refractivity contribution in [3.63, 3.8) is 0 Å². The van der Waals surface area contributed by atoms with E-state index in [1.165, 1.54) is 0 Å². The van der Waals surface area contributed by atoms with Gasteiger partial charge in [-0.2, -0.15) is 0 Å². The lowest BCUT2D eigenvalue weighted by molar-refractivity contribution is -0.306. The Hall–Kier alpha value is 0.0700. The van der Waals surface area contributed by atoms with Crippen molar-refractivity contribution in [3.8, 4) is 0 Å². The predicted molar refractivity (Wildman–Crippen MR) is 31.3 cm³/mol. The van der Waals surface area contributed by atoms with Gasteiger partial charge in [0.2, 0.25) is 0 Å². The fourth-order valence-corrected chi connectivity index (χ4v) is 0.815. The van der Waals surface area contributed by atoms with Crippen LogP contribution < -0.4 is 10.8 Å². The second kappa shape index (κ2) is 4.00. The molecule has 1 atom stereocenters.